The van der Waals surface area contributed by atoms with Crippen molar-refractivity contribution < 1.29 is 4.79 Å². The number of hydrogen-bond acceptors (Lipinski definition) is 2. The fraction of sp³-hybridized carbons (Fsp3) is 0.333. The van der Waals surface area contributed by atoms with Gasteiger partial charge in [0.05, 0.1) is 6.54 Å². The smallest absolute Gasteiger partial charge is 0.315 e. The lowest BCUT2D eigenvalue weighted by molar-refractivity contribution is 0.220. The highest BCUT2D eigenvalue weighted by molar-refractivity contribution is 5.76. The van der Waals surface area contributed by atoms with Crippen molar-refractivity contribution in [3.8, 4) is 0 Å². The number of rotatable bonds is 0. The lowest BCUT2D eigenvalue weighted by Gasteiger charge is -2.13. The van der Waals surface area contributed by atoms with Crippen molar-refractivity contribution in [1.29, 1.82) is 0 Å². The minimum Gasteiger partial charge on any atom is -0.351 e. The third kappa shape index (κ3) is 1.58. The minimum absolute atomic E-state index is 0.405. The van der Waals surface area contributed by atoms with Crippen LogP contribution in [0.15, 0.2) is 17.3 Å². The second-order valence-electron chi connectivity index (χ2n) is 1.96. The molecule has 0 aromatic rings. The van der Waals surface area contributed by atoms with Crippen molar-refractivity contribution in [2.75, 3.05) is 13.1 Å². The first-order chi connectivity index (χ1) is 4.80. The number of nitrogens with two attached hydrogens (primary N) is 1. The van der Waals surface area contributed by atoms with Crippen molar-refractivity contribution in [2.45, 2.75) is 0 Å². The number of hydrogen-bond donors (Lipinski definition) is 1. The average molecular weight is 139 g/mol. The highest BCUT2D eigenvalue weighted by Gasteiger charge is 2.05. The SMILES string of the molecule is NC(=O)N1CC=CN=CC1. The third-order valence-corrected chi connectivity index (χ3v) is 1.24. The monoisotopic (exact) mass is 139 g/mol. The number of amides is 2. The van der Waals surface area contributed by atoms with Crippen LogP contribution in [0.4, 0.5) is 4.79 Å². The van der Waals surface area contributed by atoms with E-state index in [0.29, 0.717) is 13.1 Å². The fourth-order valence-corrected chi connectivity index (χ4v) is 0.696. The summed E-state index contributed by atoms with van der Waals surface area (Å²) >= 11 is 0. The van der Waals surface area contributed by atoms with Gasteiger partial charge in [0.2, 0.25) is 0 Å². The number of carbonyl (C=O) groups is 1. The lowest BCUT2D eigenvalue weighted by atomic mass is 10.5. The van der Waals surface area contributed by atoms with E-state index in [1.54, 1.807) is 18.5 Å². The quantitative estimate of drug-likeness (QED) is 0.503. The van der Waals surface area contributed by atoms with Crippen molar-refractivity contribution in [3.05, 3.63) is 12.3 Å². The van der Waals surface area contributed by atoms with Gasteiger partial charge in [0.1, 0.15) is 0 Å². The Bertz CT molecular complexity index is 171. The van der Waals surface area contributed by atoms with Crippen molar-refractivity contribution >= 4 is 12.2 Å². The molecule has 2 N–H and O–H groups in total. The van der Waals surface area contributed by atoms with Crippen LogP contribution in [0.5, 0.6) is 0 Å². The summed E-state index contributed by atoms with van der Waals surface area (Å²) in [6.45, 7) is 1.05. The van der Waals surface area contributed by atoms with E-state index in [-0.39, 0.29) is 0 Å². The van der Waals surface area contributed by atoms with Gasteiger partial charge in [-0.15, -0.1) is 0 Å². The second-order valence-corrected chi connectivity index (χ2v) is 1.96. The Balaban J connectivity index is 2.55. The van der Waals surface area contributed by atoms with Crippen LogP contribution < -0.4 is 5.73 Å². The van der Waals surface area contributed by atoms with Crippen LogP contribution in [0.3, 0.4) is 0 Å². The summed E-state index contributed by atoms with van der Waals surface area (Å²) < 4.78 is 0. The molecule has 0 fully saturated rings. The van der Waals surface area contributed by atoms with Crippen LogP contribution in [0.25, 0.3) is 0 Å². The Morgan fingerprint density at radius 3 is 3.10 bits per heavy atom. The summed E-state index contributed by atoms with van der Waals surface area (Å²) in [7, 11) is 0. The first-order valence-corrected chi connectivity index (χ1v) is 3.02. The first kappa shape index (κ1) is 6.80. The van der Waals surface area contributed by atoms with Crippen molar-refractivity contribution in [2.24, 2.45) is 10.7 Å². The van der Waals surface area contributed by atoms with Gasteiger partial charge in [-0.05, 0) is 6.08 Å². The summed E-state index contributed by atoms with van der Waals surface area (Å²) in [5.74, 6) is 0. The van der Waals surface area contributed by atoms with Gasteiger partial charge in [-0.2, -0.15) is 0 Å². The minimum atomic E-state index is -0.405. The number of primary amides is 1. The van der Waals surface area contributed by atoms with E-state index >= 15 is 0 Å². The highest BCUT2D eigenvalue weighted by atomic mass is 16.2. The highest BCUT2D eigenvalue weighted by Crippen LogP contribution is 1.90. The van der Waals surface area contributed by atoms with Crippen LogP contribution in [0.2, 0.25) is 0 Å². The molecule has 10 heavy (non-hydrogen) atoms. The van der Waals surface area contributed by atoms with Crippen molar-refractivity contribution in [3.63, 3.8) is 0 Å². The largest absolute Gasteiger partial charge is 0.351 e. The van der Waals surface area contributed by atoms with Crippen LogP contribution in [0.1, 0.15) is 0 Å². The first-order valence-electron chi connectivity index (χ1n) is 3.02. The number of nitrogens with zero attached hydrogens (tertiary/aromatic N) is 2. The van der Waals surface area contributed by atoms with E-state index in [1.165, 1.54) is 4.90 Å². The molecule has 0 unspecified atom stereocenters. The average Bonchev–Trinajstić information content (AvgIpc) is 2.12. The van der Waals surface area contributed by atoms with E-state index in [4.69, 9.17) is 5.73 Å². The summed E-state index contributed by atoms with van der Waals surface area (Å²) in [4.78, 5) is 15.9. The fourth-order valence-electron chi connectivity index (χ4n) is 0.696. The number of carbonyl (C=O) groups excluding carboxylic acids is 1. The molecule has 54 valence electrons. The molecular weight excluding hydrogens is 130 g/mol. The summed E-state index contributed by atoms with van der Waals surface area (Å²) in [6.07, 6.45) is 5.09. The van der Waals surface area contributed by atoms with Gasteiger partial charge >= 0.3 is 6.03 Å². The van der Waals surface area contributed by atoms with Gasteiger partial charge in [0.25, 0.3) is 0 Å². The summed E-state index contributed by atoms with van der Waals surface area (Å²) in [5, 5.41) is 0. The molecule has 4 nitrogen and oxygen atoms in total. The second kappa shape index (κ2) is 3.00. The van der Waals surface area contributed by atoms with E-state index < -0.39 is 6.03 Å². The molecule has 0 atom stereocenters. The van der Waals surface area contributed by atoms with E-state index in [0.717, 1.165) is 0 Å². The third-order valence-electron chi connectivity index (χ3n) is 1.24. The molecule has 0 bridgehead atoms. The zero-order valence-electron chi connectivity index (χ0n) is 5.53. The predicted molar refractivity (Wildman–Crippen MR) is 38.8 cm³/mol. The van der Waals surface area contributed by atoms with Crippen LogP contribution in [0, 0.1) is 0 Å². The Hall–Kier alpha value is -1.32. The molecule has 4 heteroatoms. The Labute approximate surface area is 59.0 Å². The zero-order valence-corrected chi connectivity index (χ0v) is 5.53. The summed E-state index contributed by atoms with van der Waals surface area (Å²) in [6, 6.07) is -0.405. The van der Waals surface area contributed by atoms with E-state index in [2.05, 4.69) is 4.99 Å². The standard InChI is InChI=1S/C6H9N3O/c7-6(10)9-4-1-2-8-3-5-9/h1-3H,4-5H2,(H2,7,10). The van der Waals surface area contributed by atoms with E-state index in [1.807, 2.05) is 0 Å². The Morgan fingerprint density at radius 1 is 1.60 bits per heavy atom. The molecular formula is C6H9N3O. The van der Waals surface area contributed by atoms with Gasteiger partial charge in [-0.3, -0.25) is 4.99 Å². The lowest BCUT2D eigenvalue weighted by Crippen LogP contribution is -2.36. The maximum atomic E-state index is 10.6. The molecule has 0 spiro atoms. The molecule has 2 amide bonds. The van der Waals surface area contributed by atoms with Gasteiger partial charge < -0.3 is 10.6 Å². The van der Waals surface area contributed by atoms with Crippen LogP contribution >= 0.6 is 0 Å². The van der Waals surface area contributed by atoms with Crippen LogP contribution in [-0.4, -0.2) is 30.2 Å². The number of urea groups is 1. The Kier molecular flexibility index (Phi) is 2.04. The molecule has 0 radical (unpaired) electrons. The molecule has 0 aliphatic carbocycles. The van der Waals surface area contributed by atoms with Gasteiger partial charge in [0, 0.05) is 19.0 Å². The van der Waals surface area contributed by atoms with Crippen molar-refractivity contribution in [1.82, 2.24) is 4.90 Å². The van der Waals surface area contributed by atoms with Gasteiger partial charge in [0.15, 0.2) is 0 Å². The zero-order chi connectivity index (χ0) is 7.40. The maximum Gasteiger partial charge on any atom is 0.315 e. The summed E-state index contributed by atoms with van der Waals surface area (Å²) in [5.41, 5.74) is 5.03. The van der Waals surface area contributed by atoms with Gasteiger partial charge in [-0.1, -0.05) is 0 Å². The van der Waals surface area contributed by atoms with Crippen LogP contribution in [-0.2, 0) is 0 Å². The predicted octanol–water partition coefficient (Wildman–Crippen LogP) is -0.0348. The molecule has 1 aliphatic rings. The number of aliphatic imine (C=N–C) groups is 1. The molecule has 0 aromatic carbocycles. The Morgan fingerprint density at radius 2 is 2.40 bits per heavy atom. The van der Waals surface area contributed by atoms with Gasteiger partial charge in [-0.25, -0.2) is 4.79 Å². The molecule has 1 rings (SSSR count). The molecule has 1 heterocycles. The molecule has 1 aliphatic heterocycles. The maximum absolute atomic E-state index is 10.6. The molecule has 0 aromatic heterocycles. The molecule has 0 saturated carbocycles. The molecule has 0 saturated heterocycles. The normalized spacial score (nSPS) is 17.0. The van der Waals surface area contributed by atoms with E-state index in [9.17, 15) is 4.79 Å². The topological polar surface area (TPSA) is 58.7 Å².